The number of aliphatic hydroxyl groups is 5. The Hall–Kier alpha value is -1.30. The zero-order valence-corrected chi connectivity index (χ0v) is 17.1. The standard InChI is InChI=1S/C6H10O4.2C6H14O3/c7-5(8)3-1-2-4-6(9)10;1-5(8)4-9-6(2)3-7;1-2-6(3-7,4-8)5-9/h1-4H2,(H,7,8)(H,9,10);5-8H,3-4H2,1-2H3;7-9H,2-5H2,1H3. The van der Waals surface area contributed by atoms with E-state index in [0.29, 0.717) is 25.9 Å². The minimum absolute atomic E-state index is 0.00667. The Kier molecular flexibility index (Phi) is 22.9. The third-order valence-electron chi connectivity index (χ3n) is 3.67. The van der Waals surface area contributed by atoms with Crippen molar-refractivity contribution in [1.82, 2.24) is 0 Å². The molecule has 2 atom stereocenters. The van der Waals surface area contributed by atoms with E-state index in [-0.39, 0.29) is 45.4 Å². The van der Waals surface area contributed by atoms with E-state index in [2.05, 4.69) is 0 Å². The van der Waals surface area contributed by atoms with Crippen LogP contribution in [0.4, 0.5) is 0 Å². The molecule has 0 aliphatic rings. The topological polar surface area (TPSA) is 185 Å². The van der Waals surface area contributed by atoms with Crippen molar-refractivity contribution >= 4 is 11.9 Å². The predicted octanol–water partition coefficient (Wildman–Crippen LogP) is -0.160. The van der Waals surface area contributed by atoms with Crippen LogP contribution in [-0.2, 0) is 14.3 Å². The van der Waals surface area contributed by atoms with Gasteiger partial charge in [-0.05, 0) is 33.1 Å². The van der Waals surface area contributed by atoms with E-state index in [1.165, 1.54) is 0 Å². The maximum atomic E-state index is 9.90. The van der Waals surface area contributed by atoms with Crippen molar-refractivity contribution in [3.63, 3.8) is 0 Å². The predicted molar refractivity (Wildman–Crippen MR) is 102 cm³/mol. The lowest BCUT2D eigenvalue weighted by Gasteiger charge is -2.24. The van der Waals surface area contributed by atoms with Crippen molar-refractivity contribution < 1.29 is 50.1 Å². The average molecular weight is 414 g/mol. The third-order valence-corrected chi connectivity index (χ3v) is 3.67. The molecule has 0 fully saturated rings. The molecule has 2 unspecified atom stereocenters. The van der Waals surface area contributed by atoms with E-state index in [1.54, 1.807) is 13.8 Å². The third kappa shape index (κ3) is 22.7. The lowest BCUT2D eigenvalue weighted by atomic mass is 9.88. The summed E-state index contributed by atoms with van der Waals surface area (Å²) in [5.41, 5.74) is -0.667. The Labute approximate surface area is 166 Å². The van der Waals surface area contributed by atoms with Gasteiger partial charge in [0.25, 0.3) is 0 Å². The summed E-state index contributed by atoms with van der Waals surface area (Å²) in [6.45, 7) is 5.05. The summed E-state index contributed by atoms with van der Waals surface area (Å²) >= 11 is 0. The number of hydrogen-bond acceptors (Lipinski definition) is 8. The largest absolute Gasteiger partial charge is 0.481 e. The minimum atomic E-state index is -0.870. The van der Waals surface area contributed by atoms with Gasteiger partial charge >= 0.3 is 11.9 Å². The molecule has 0 radical (unpaired) electrons. The molecule has 0 aliphatic heterocycles. The molecule has 0 rings (SSSR count). The van der Waals surface area contributed by atoms with Gasteiger partial charge in [-0.3, -0.25) is 9.59 Å². The van der Waals surface area contributed by atoms with Gasteiger partial charge in [0, 0.05) is 18.3 Å². The molecule has 0 aliphatic carbocycles. The molecule has 0 bridgehead atoms. The average Bonchev–Trinajstić information content (AvgIpc) is 2.66. The number of aliphatic carboxylic acids is 2. The highest BCUT2D eigenvalue weighted by molar-refractivity contribution is 5.67. The van der Waals surface area contributed by atoms with Gasteiger partial charge in [-0.15, -0.1) is 0 Å². The molecule has 0 spiro atoms. The zero-order valence-electron chi connectivity index (χ0n) is 17.1. The first-order chi connectivity index (χ1) is 13.0. The fraction of sp³-hybridized carbons (Fsp3) is 0.889. The van der Waals surface area contributed by atoms with Crippen LogP contribution in [0.25, 0.3) is 0 Å². The van der Waals surface area contributed by atoms with Crippen LogP contribution in [0.1, 0.15) is 52.9 Å². The highest BCUT2D eigenvalue weighted by Crippen LogP contribution is 2.18. The second kappa shape index (κ2) is 20.4. The Bertz CT molecular complexity index is 336. The zero-order chi connectivity index (χ0) is 22.6. The van der Waals surface area contributed by atoms with Gasteiger partial charge in [0.1, 0.15) is 0 Å². The molecule has 0 aromatic carbocycles. The first kappa shape index (κ1) is 31.4. The number of carboxylic acid groups (broad SMARTS) is 2. The summed E-state index contributed by atoms with van der Waals surface area (Å²) in [4.78, 5) is 19.8. The number of rotatable bonds is 13. The van der Waals surface area contributed by atoms with Crippen molar-refractivity contribution in [2.75, 3.05) is 33.0 Å². The summed E-state index contributed by atoms with van der Waals surface area (Å²) in [5.74, 6) is -1.74. The Morgan fingerprint density at radius 1 is 0.893 bits per heavy atom. The molecule has 170 valence electrons. The molecule has 0 heterocycles. The molecule has 0 amide bonds. The van der Waals surface area contributed by atoms with Crippen molar-refractivity contribution in [2.45, 2.75) is 65.1 Å². The summed E-state index contributed by atoms with van der Waals surface area (Å²) in [7, 11) is 0. The van der Waals surface area contributed by atoms with Crippen LogP contribution in [0.3, 0.4) is 0 Å². The Balaban J connectivity index is -0.000000336. The van der Waals surface area contributed by atoms with E-state index in [0.717, 1.165) is 0 Å². The molecule has 10 nitrogen and oxygen atoms in total. The fourth-order valence-corrected chi connectivity index (χ4v) is 1.39. The lowest BCUT2D eigenvalue weighted by molar-refractivity contribution is -0.139. The van der Waals surface area contributed by atoms with Gasteiger partial charge in [0.2, 0.25) is 0 Å². The fourth-order valence-electron chi connectivity index (χ4n) is 1.39. The highest BCUT2D eigenvalue weighted by Gasteiger charge is 2.24. The van der Waals surface area contributed by atoms with Crippen LogP contribution < -0.4 is 0 Å². The maximum absolute atomic E-state index is 9.90. The number of aliphatic hydroxyl groups excluding tert-OH is 5. The van der Waals surface area contributed by atoms with E-state index in [4.69, 9.17) is 40.5 Å². The SMILES string of the molecule is CC(O)COC(C)CO.CCC(CO)(CO)CO.O=C(O)CCCCC(=O)O. The van der Waals surface area contributed by atoms with E-state index in [1.807, 2.05) is 6.92 Å². The number of carboxylic acids is 2. The van der Waals surface area contributed by atoms with Gasteiger partial charge < -0.3 is 40.5 Å². The molecular weight excluding hydrogens is 376 g/mol. The first-order valence-corrected chi connectivity index (χ1v) is 9.20. The van der Waals surface area contributed by atoms with Gasteiger partial charge in [-0.25, -0.2) is 0 Å². The number of carbonyl (C=O) groups is 2. The molecule has 0 aromatic heterocycles. The molecule has 0 aromatic rings. The summed E-state index contributed by atoms with van der Waals surface area (Å²) in [5, 5.41) is 59.4. The van der Waals surface area contributed by atoms with E-state index >= 15 is 0 Å². The Morgan fingerprint density at radius 2 is 1.29 bits per heavy atom. The van der Waals surface area contributed by atoms with Gasteiger partial charge in [-0.2, -0.15) is 0 Å². The molecule has 28 heavy (non-hydrogen) atoms. The van der Waals surface area contributed by atoms with Gasteiger partial charge in [0.15, 0.2) is 0 Å². The van der Waals surface area contributed by atoms with Crippen molar-refractivity contribution in [1.29, 1.82) is 0 Å². The molecule has 10 heteroatoms. The highest BCUT2D eigenvalue weighted by atomic mass is 16.5. The Morgan fingerprint density at radius 3 is 1.46 bits per heavy atom. The molecular formula is C18H38O10. The number of hydrogen-bond donors (Lipinski definition) is 7. The summed E-state index contributed by atoms with van der Waals surface area (Å²) in [6.07, 6.45) is 0.999. The monoisotopic (exact) mass is 414 g/mol. The quantitative estimate of drug-likeness (QED) is 0.200. The normalized spacial score (nSPS) is 12.7. The van der Waals surface area contributed by atoms with Crippen molar-refractivity contribution in [3.05, 3.63) is 0 Å². The number of unbranched alkanes of at least 4 members (excludes halogenated alkanes) is 1. The van der Waals surface area contributed by atoms with Crippen LogP contribution in [0.2, 0.25) is 0 Å². The first-order valence-electron chi connectivity index (χ1n) is 9.20. The van der Waals surface area contributed by atoms with Crippen LogP contribution in [-0.4, -0.2) is 92.9 Å². The minimum Gasteiger partial charge on any atom is -0.481 e. The maximum Gasteiger partial charge on any atom is 0.303 e. The van der Waals surface area contributed by atoms with Gasteiger partial charge in [-0.1, -0.05) is 6.92 Å². The van der Waals surface area contributed by atoms with Crippen molar-refractivity contribution in [2.24, 2.45) is 5.41 Å². The summed E-state index contributed by atoms with van der Waals surface area (Å²) in [6, 6.07) is 0. The second-order valence-electron chi connectivity index (χ2n) is 6.50. The van der Waals surface area contributed by atoms with Crippen LogP contribution in [0.15, 0.2) is 0 Å². The van der Waals surface area contributed by atoms with E-state index in [9.17, 15) is 9.59 Å². The van der Waals surface area contributed by atoms with Crippen LogP contribution >= 0.6 is 0 Å². The van der Waals surface area contributed by atoms with Crippen molar-refractivity contribution in [3.8, 4) is 0 Å². The second-order valence-corrected chi connectivity index (χ2v) is 6.50. The lowest BCUT2D eigenvalue weighted by Crippen LogP contribution is -2.32. The summed E-state index contributed by atoms with van der Waals surface area (Å²) < 4.78 is 4.95. The number of ether oxygens (including phenoxy) is 1. The van der Waals surface area contributed by atoms with Gasteiger partial charge in [0.05, 0.1) is 45.2 Å². The van der Waals surface area contributed by atoms with Crippen LogP contribution in [0, 0.1) is 5.41 Å². The van der Waals surface area contributed by atoms with Crippen LogP contribution in [0.5, 0.6) is 0 Å². The molecule has 0 saturated heterocycles. The van der Waals surface area contributed by atoms with E-state index < -0.39 is 23.5 Å². The molecule has 7 N–H and O–H groups in total. The molecule has 0 saturated carbocycles. The smallest absolute Gasteiger partial charge is 0.303 e.